The normalized spacial score (nSPS) is 17.0. The lowest BCUT2D eigenvalue weighted by Gasteiger charge is -2.41. The Morgan fingerprint density at radius 1 is 1.19 bits per heavy atom. The highest BCUT2D eigenvalue weighted by Gasteiger charge is 2.35. The molecule has 11 nitrogen and oxygen atoms in total. The van der Waals surface area contributed by atoms with E-state index in [1.165, 1.54) is 26.2 Å². The van der Waals surface area contributed by atoms with Gasteiger partial charge in [-0.1, -0.05) is 0 Å². The van der Waals surface area contributed by atoms with Gasteiger partial charge in [-0.05, 0) is 26.3 Å². The molecule has 4 N–H and O–H groups in total. The molecule has 3 rings (SSSR count). The first-order chi connectivity index (χ1) is 14.6. The van der Waals surface area contributed by atoms with E-state index in [0.717, 1.165) is 0 Å². The number of methoxy groups -OCH3 is 3. The number of nitrogen functional groups attached to an aromatic ring is 1. The maximum absolute atomic E-state index is 11.7. The number of hydrogen-bond donors (Lipinski definition) is 3. The van der Waals surface area contributed by atoms with E-state index in [1.807, 2.05) is 4.90 Å². The monoisotopic (exact) mass is 435 g/mol. The molecular formula is C20H29N5O6. The van der Waals surface area contributed by atoms with E-state index in [9.17, 15) is 15.0 Å². The Hall–Kier alpha value is -3.21. The van der Waals surface area contributed by atoms with Gasteiger partial charge < -0.3 is 40.0 Å². The Kier molecular flexibility index (Phi) is 6.16. The Labute approximate surface area is 180 Å². The summed E-state index contributed by atoms with van der Waals surface area (Å²) in [6.45, 7) is 4.26. The summed E-state index contributed by atoms with van der Waals surface area (Å²) >= 11 is 0. The van der Waals surface area contributed by atoms with Crippen molar-refractivity contribution in [1.82, 2.24) is 14.9 Å². The van der Waals surface area contributed by atoms with Crippen LogP contribution in [0, 0.1) is 0 Å². The zero-order valence-electron chi connectivity index (χ0n) is 18.4. The van der Waals surface area contributed by atoms with Crippen molar-refractivity contribution in [3.05, 3.63) is 6.07 Å². The number of benzene rings is 1. The molecule has 1 saturated heterocycles. The fourth-order valence-corrected chi connectivity index (χ4v) is 3.92. The van der Waals surface area contributed by atoms with Gasteiger partial charge in [0.1, 0.15) is 11.3 Å². The molecule has 1 unspecified atom stereocenters. The maximum atomic E-state index is 11.7. The van der Waals surface area contributed by atoms with Gasteiger partial charge in [0.2, 0.25) is 11.7 Å². The zero-order chi connectivity index (χ0) is 22.9. The van der Waals surface area contributed by atoms with Gasteiger partial charge in [-0.25, -0.2) is 9.78 Å². The molecule has 0 saturated carbocycles. The van der Waals surface area contributed by atoms with E-state index in [-0.39, 0.29) is 18.8 Å². The number of rotatable bonds is 6. The lowest BCUT2D eigenvalue weighted by molar-refractivity contribution is 0.0318. The standard InChI is InChI=1S/C20H29N5O6/c1-20(2,28)9-11-10-24(6-7-25(11)19(26)27)18-22-14-12(17(21)23-18)8-13(29-3)15(30-4)16(14)31-5/h8,11,28H,6-7,9-10H2,1-5H3,(H,26,27)(H2,21,22,23). The van der Waals surface area contributed by atoms with Crippen molar-refractivity contribution in [2.75, 3.05) is 51.6 Å². The summed E-state index contributed by atoms with van der Waals surface area (Å²) in [5.74, 6) is 1.78. The SMILES string of the molecule is COc1cc2c(N)nc(N3CCN(C(=O)O)C(CC(C)(C)O)C3)nc2c(OC)c1OC. The van der Waals surface area contributed by atoms with Gasteiger partial charge in [-0.15, -0.1) is 0 Å². The molecule has 0 aliphatic carbocycles. The third-order valence-corrected chi connectivity index (χ3v) is 5.26. The van der Waals surface area contributed by atoms with Crippen LogP contribution in [0.3, 0.4) is 0 Å². The van der Waals surface area contributed by atoms with E-state index >= 15 is 0 Å². The molecule has 1 aromatic carbocycles. The van der Waals surface area contributed by atoms with Crippen LogP contribution in [0.25, 0.3) is 10.9 Å². The molecule has 2 aromatic rings. The minimum absolute atomic E-state index is 0.235. The summed E-state index contributed by atoms with van der Waals surface area (Å²) in [5, 5.41) is 20.4. The Morgan fingerprint density at radius 3 is 2.42 bits per heavy atom. The number of carbonyl (C=O) groups is 1. The smallest absolute Gasteiger partial charge is 0.407 e. The molecule has 1 amide bonds. The molecular weight excluding hydrogens is 406 g/mol. The second-order valence-corrected chi connectivity index (χ2v) is 8.04. The second-order valence-electron chi connectivity index (χ2n) is 8.04. The van der Waals surface area contributed by atoms with Crippen LogP contribution in [0.5, 0.6) is 17.2 Å². The number of piperazine rings is 1. The van der Waals surface area contributed by atoms with Crippen molar-refractivity contribution in [2.24, 2.45) is 0 Å². The van der Waals surface area contributed by atoms with Crippen molar-refractivity contribution in [3.63, 3.8) is 0 Å². The first kappa shape index (κ1) is 22.5. The third kappa shape index (κ3) is 4.46. The molecule has 31 heavy (non-hydrogen) atoms. The van der Waals surface area contributed by atoms with E-state index in [1.54, 1.807) is 19.9 Å². The van der Waals surface area contributed by atoms with Gasteiger partial charge in [-0.2, -0.15) is 4.98 Å². The topological polar surface area (TPSA) is 144 Å². The van der Waals surface area contributed by atoms with Crippen LogP contribution in [0.15, 0.2) is 6.07 Å². The number of aromatic nitrogens is 2. The molecule has 170 valence electrons. The summed E-state index contributed by atoms with van der Waals surface area (Å²) in [6, 6.07) is 1.26. The van der Waals surface area contributed by atoms with E-state index < -0.39 is 17.7 Å². The molecule has 1 aliphatic heterocycles. The van der Waals surface area contributed by atoms with Gasteiger partial charge in [0.05, 0.1) is 38.4 Å². The first-order valence-corrected chi connectivity index (χ1v) is 9.82. The quantitative estimate of drug-likeness (QED) is 0.611. The number of amides is 1. The third-order valence-electron chi connectivity index (χ3n) is 5.26. The summed E-state index contributed by atoms with van der Waals surface area (Å²) in [6.07, 6.45) is -0.751. The molecule has 0 bridgehead atoms. The minimum Gasteiger partial charge on any atom is -0.493 e. The molecule has 11 heteroatoms. The minimum atomic E-state index is -1.03. The van der Waals surface area contributed by atoms with Crippen molar-refractivity contribution in [2.45, 2.75) is 31.9 Å². The number of aliphatic hydroxyl groups is 1. The predicted molar refractivity (Wildman–Crippen MR) is 115 cm³/mol. The van der Waals surface area contributed by atoms with E-state index in [0.29, 0.717) is 47.2 Å². The summed E-state index contributed by atoms with van der Waals surface area (Å²) in [5.41, 5.74) is 5.67. The van der Waals surface area contributed by atoms with Crippen LogP contribution < -0.4 is 24.8 Å². The van der Waals surface area contributed by atoms with Gasteiger partial charge in [0, 0.05) is 19.6 Å². The summed E-state index contributed by atoms with van der Waals surface area (Å²) in [7, 11) is 4.52. The maximum Gasteiger partial charge on any atom is 0.407 e. The molecule has 1 aromatic heterocycles. The van der Waals surface area contributed by atoms with Gasteiger partial charge in [0.15, 0.2) is 11.5 Å². The lowest BCUT2D eigenvalue weighted by Crippen LogP contribution is -2.57. The number of ether oxygens (including phenoxy) is 3. The van der Waals surface area contributed by atoms with Gasteiger partial charge in [-0.3, -0.25) is 0 Å². The van der Waals surface area contributed by atoms with E-state index in [4.69, 9.17) is 19.9 Å². The predicted octanol–water partition coefficient (Wildman–Crippen LogP) is 1.57. The summed E-state index contributed by atoms with van der Waals surface area (Å²) in [4.78, 5) is 24.0. The zero-order valence-corrected chi connectivity index (χ0v) is 18.4. The van der Waals surface area contributed by atoms with E-state index in [2.05, 4.69) is 9.97 Å². The molecule has 2 heterocycles. The number of carboxylic acid groups (broad SMARTS) is 1. The van der Waals surface area contributed by atoms with Gasteiger partial charge in [0.25, 0.3) is 0 Å². The van der Waals surface area contributed by atoms with Crippen LogP contribution in [0.1, 0.15) is 20.3 Å². The van der Waals surface area contributed by atoms with Crippen LogP contribution in [-0.2, 0) is 0 Å². The number of anilines is 2. The van der Waals surface area contributed by atoms with Crippen LogP contribution >= 0.6 is 0 Å². The van der Waals surface area contributed by atoms with Crippen molar-refractivity contribution >= 4 is 28.8 Å². The van der Waals surface area contributed by atoms with Crippen molar-refractivity contribution < 1.29 is 29.2 Å². The fraction of sp³-hybridized carbons (Fsp3) is 0.550. The van der Waals surface area contributed by atoms with Crippen LogP contribution in [-0.4, -0.2) is 83.8 Å². The molecule has 0 radical (unpaired) electrons. The number of nitrogens with zero attached hydrogens (tertiary/aromatic N) is 4. The van der Waals surface area contributed by atoms with Crippen LogP contribution in [0.2, 0.25) is 0 Å². The Balaban J connectivity index is 2.05. The molecule has 1 fully saturated rings. The average molecular weight is 435 g/mol. The number of fused-ring (bicyclic) bond motifs is 1. The highest BCUT2D eigenvalue weighted by atomic mass is 16.5. The lowest BCUT2D eigenvalue weighted by atomic mass is 9.96. The fourth-order valence-electron chi connectivity index (χ4n) is 3.92. The summed E-state index contributed by atoms with van der Waals surface area (Å²) < 4.78 is 16.3. The Morgan fingerprint density at radius 2 is 1.87 bits per heavy atom. The van der Waals surface area contributed by atoms with Crippen molar-refractivity contribution in [1.29, 1.82) is 0 Å². The first-order valence-electron chi connectivity index (χ1n) is 9.82. The molecule has 0 spiro atoms. The second kappa shape index (κ2) is 8.50. The Bertz CT molecular complexity index is 977. The van der Waals surface area contributed by atoms with Crippen molar-refractivity contribution in [3.8, 4) is 17.2 Å². The van der Waals surface area contributed by atoms with Crippen LogP contribution in [0.4, 0.5) is 16.6 Å². The number of nitrogens with two attached hydrogens (primary N) is 1. The number of hydrogen-bond acceptors (Lipinski definition) is 9. The highest BCUT2D eigenvalue weighted by Crippen LogP contribution is 2.44. The van der Waals surface area contributed by atoms with Gasteiger partial charge >= 0.3 is 6.09 Å². The average Bonchev–Trinajstić information content (AvgIpc) is 2.70. The largest absolute Gasteiger partial charge is 0.493 e. The molecule has 1 aliphatic rings. The molecule has 1 atom stereocenters. The highest BCUT2D eigenvalue weighted by molar-refractivity contribution is 5.97.